The summed E-state index contributed by atoms with van der Waals surface area (Å²) in [6.45, 7) is 12.3. The van der Waals surface area contributed by atoms with Crippen LogP contribution in [0.4, 0.5) is 25.9 Å². The van der Waals surface area contributed by atoms with Crippen molar-refractivity contribution in [1.29, 1.82) is 5.41 Å². The Morgan fingerprint density at radius 2 is 1.90 bits per heavy atom. The maximum absolute atomic E-state index is 13.1. The van der Waals surface area contributed by atoms with E-state index in [2.05, 4.69) is 14.5 Å². The first-order chi connectivity index (χ1) is 19.5. The highest BCUT2D eigenvalue weighted by atomic mass is 32.2. The van der Waals surface area contributed by atoms with Gasteiger partial charge >= 0.3 is 12.1 Å². The number of piperazine rings is 1. The number of halogens is 1. The number of hydrogen-bond acceptors (Lipinski definition) is 11. The van der Waals surface area contributed by atoms with Gasteiger partial charge in [-0.15, -0.1) is 3.89 Å². The van der Waals surface area contributed by atoms with Crippen molar-refractivity contribution in [3.63, 3.8) is 0 Å². The molecule has 0 atom stereocenters. The van der Waals surface area contributed by atoms with Gasteiger partial charge in [-0.3, -0.25) is 0 Å². The Morgan fingerprint density at radius 3 is 2.54 bits per heavy atom. The first kappa shape index (κ1) is 30.6. The molecular formula is C28H41FN8O3S. The third-order valence-electron chi connectivity index (χ3n) is 7.05. The fourth-order valence-electron chi connectivity index (χ4n) is 5.07. The number of nitrogens with zero attached hydrogens (tertiary/aromatic N) is 6. The minimum absolute atomic E-state index is 0.0173. The van der Waals surface area contributed by atoms with Crippen molar-refractivity contribution in [2.45, 2.75) is 46.3 Å². The number of carbonyl (C=O) groups is 1. The highest BCUT2D eigenvalue weighted by molar-refractivity contribution is 7.95. The molecule has 13 heteroatoms. The van der Waals surface area contributed by atoms with Crippen LogP contribution in [0.3, 0.4) is 0 Å². The summed E-state index contributed by atoms with van der Waals surface area (Å²) in [5.74, 6) is 0.839. The van der Waals surface area contributed by atoms with E-state index in [1.165, 1.54) is 6.21 Å². The molecule has 1 aromatic heterocycles. The fraction of sp³-hybridized carbons (Fsp3) is 0.571. The van der Waals surface area contributed by atoms with Gasteiger partial charge in [0.15, 0.2) is 12.3 Å². The number of benzene rings is 1. The molecule has 0 saturated carbocycles. The second-order valence-electron chi connectivity index (χ2n) is 11.5. The summed E-state index contributed by atoms with van der Waals surface area (Å²) in [5.41, 5.74) is 4.45. The number of aromatic nitrogens is 2. The van der Waals surface area contributed by atoms with Crippen LogP contribution in [0.1, 0.15) is 43.2 Å². The summed E-state index contributed by atoms with van der Waals surface area (Å²) < 4.78 is 27.3. The number of likely N-dealkylation sites (N-methyl/N-ethyl adjacent to an activating group) is 1. The lowest BCUT2D eigenvalue weighted by atomic mass is 10.00. The summed E-state index contributed by atoms with van der Waals surface area (Å²) >= 11 is 0.0173. The minimum Gasteiger partial charge on any atom is -0.462 e. The number of hydrogen-bond donors (Lipinski definition) is 2. The van der Waals surface area contributed by atoms with Gasteiger partial charge < -0.3 is 39.2 Å². The van der Waals surface area contributed by atoms with Crippen LogP contribution < -0.4 is 19.3 Å². The predicted molar refractivity (Wildman–Crippen MR) is 162 cm³/mol. The van der Waals surface area contributed by atoms with Gasteiger partial charge in [0.1, 0.15) is 18.0 Å². The average Bonchev–Trinajstić information content (AvgIpc) is 2.92. The predicted octanol–water partition coefficient (Wildman–Crippen LogP) is 4.29. The van der Waals surface area contributed by atoms with Gasteiger partial charge in [0, 0.05) is 56.6 Å². The molecule has 2 aromatic rings. The van der Waals surface area contributed by atoms with Crippen LogP contribution >= 0.6 is 12.3 Å². The first-order valence-corrected chi connectivity index (χ1v) is 14.5. The number of ether oxygens (including phenoxy) is 2. The third-order valence-corrected chi connectivity index (χ3v) is 7.35. The molecule has 0 bridgehead atoms. The summed E-state index contributed by atoms with van der Waals surface area (Å²) in [6, 6.07) is 4.05. The van der Waals surface area contributed by atoms with Crippen molar-refractivity contribution >= 4 is 41.8 Å². The van der Waals surface area contributed by atoms with Crippen molar-refractivity contribution in [3.8, 4) is 6.01 Å². The molecule has 11 nitrogen and oxygen atoms in total. The molecule has 1 aromatic carbocycles. The lowest BCUT2D eigenvalue weighted by Crippen LogP contribution is -2.50. The first-order valence-electron chi connectivity index (χ1n) is 13.8. The Morgan fingerprint density at radius 1 is 1.17 bits per heavy atom. The molecule has 0 aliphatic carbocycles. The van der Waals surface area contributed by atoms with Crippen LogP contribution in [-0.4, -0.2) is 97.6 Å². The van der Waals surface area contributed by atoms with E-state index in [0.717, 1.165) is 34.9 Å². The summed E-state index contributed by atoms with van der Waals surface area (Å²) in [6.07, 6.45) is 1.66. The maximum Gasteiger partial charge on any atom is 0.410 e. The highest BCUT2D eigenvalue weighted by Crippen LogP contribution is 2.36. The molecule has 0 spiro atoms. The van der Waals surface area contributed by atoms with Crippen LogP contribution in [-0.2, 0) is 17.7 Å². The Hall–Kier alpha value is -3.32. The molecule has 1 amide bonds. The summed E-state index contributed by atoms with van der Waals surface area (Å²) in [4.78, 5) is 30.5. The molecule has 1 saturated heterocycles. The number of aryl methyl sites for hydroxylation is 1. The molecule has 0 unspecified atom stereocenters. The summed E-state index contributed by atoms with van der Waals surface area (Å²) in [5, 5.41) is 8.05. The lowest BCUT2D eigenvalue weighted by molar-refractivity contribution is 0.0240. The molecule has 2 aliphatic heterocycles. The molecule has 2 N–H and O–H groups in total. The van der Waals surface area contributed by atoms with Crippen molar-refractivity contribution < 1.29 is 18.2 Å². The van der Waals surface area contributed by atoms with Gasteiger partial charge in [0.05, 0.1) is 23.6 Å². The highest BCUT2D eigenvalue weighted by Gasteiger charge is 2.31. The van der Waals surface area contributed by atoms with Crippen LogP contribution in [0.25, 0.3) is 0 Å². The zero-order chi connectivity index (χ0) is 29.7. The van der Waals surface area contributed by atoms with Crippen molar-refractivity contribution in [2.24, 2.45) is 0 Å². The monoisotopic (exact) mass is 588 g/mol. The van der Waals surface area contributed by atoms with E-state index >= 15 is 0 Å². The molecule has 1 fully saturated rings. The molecule has 2 aliphatic rings. The number of amides is 1. The second-order valence-corrected chi connectivity index (χ2v) is 11.9. The number of rotatable bonds is 9. The lowest BCUT2D eigenvalue weighted by Gasteiger charge is -2.38. The van der Waals surface area contributed by atoms with Crippen LogP contribution in [0.2, 0.25) is 0 Å². The number of carbonyl (C=O) groups excluding carboxylic acids is 1. The van der Waals surface area contributed by atoms with Crippen LogP contribution in [0, 0.1) is 12.3 Å². The Balaban J connectivity index is 1.62. The van der Waals surface area contributed by atoms with Gasteiger partial charge in [-0.2, -0.15) is 9.97 Å². The quantitative estimate of drug-likeness (QED) is 0.325. The largest absolute Gasteiger partial charge is 0.462 e. The van der Waals surface area contributed by atoms with Gasteiger partial charge in [0.25, 0.3) is 0 Å². The van der Waals surface area contributed by atoms with Gasteiger partial charge in [0.2, 0.25) is 0 Å². The molecule has 4 rings (SSSR count). The molecular weight excluding hydrogens is 547 g/mol. The second kappa shape index (κ2) is 13.1. The average molecular weight is 589 g/mol. The van der Waals surface area contributed by atoms with E-state index in [-0.39, 0.29) is 18.4 Å². The minimum atomic E-state index is -0.541. The third kappa shape index (κ3) is 7.50. The smallest absolute Gasteiger partial charge is 0.410 e. The van der Waals surface area contributed by atoms with Gasteiger partial charge in [-0.1, -0.05) is 6.07 Å². The van der Waals surface area contributed by atoms with Gasteiger partial charge in [-0.25, -0.2) is 4.79 Å². The SMILES string of the molecule is Cc1ccc(NSF)c(C=N)c1N1CCc2c(nc(OCCN(C)C)nc2N2CCN(C(=O)OC(C)(C)C)CC2)C1. The van der Waals surface area contributed by atoms with Crippen molar-refractivity contribution in [3.05, 3.63) is 34.5 Å². The van der Waals surface area contributed by atoms with Crippen molar-refractivity contribution in [1.82, 2.24) is 19.8 Å². The van der Waals surface area contributed by atoms with E-state index in [0.29, 0.717) is 69.6 Å². The Kier molecular flexibility index (Phi) is 9.80. The van der Waals surface area contributed by atoms with Crippen LogP contribution in [0.5, 0.6) is 6.01 Å². The standard InChI is InChI=1S/C28H41FN8O3S/c1-19-7-8-22(33-41-29)21(17-30)24(19)37-10-9-20-23(18-37)31-26(39-16-15-34(5)6)32-25(20)35-11-13-36(14-12-35)27(38)40-28(2,3)4/h7-8,17,30,33H,9-16,18H2,1-6H3. The van der Waals surface area contributed by atoms with E-state index in [1.54, 1.807) is 11.0 Å². The van der Waals surface area contributed by atoms with Crippen LogP contribution in [0.15, 0.2) is 12.1 Å². The number of anilines is 3. The zero-order valence-corrected chi connectivity index (χ0v) is 25.6. The molecule has 224 valence electrons. The maximum atomic E-state index is 13.1. The van der Waals surface area contributed by atoms with Crippen molar-refractivity contribution in [2.75, 3.05) is 74.5 Å². The normalized spacial score (nSPS) is 15.6. The Bertz CT molecular complexity index is 1250. The van der Waals surface area contributed by atoms with E-state index < -0.39 is 5.60 Å². The van der Waals surface area contributed by atoms with E-state index in [9.17, 15) is 8.68 Å². The topological polar surface area (TPSA) is 110 Å². The van der Waals surface area contributed by atoms with Gasteiger partial charge in [-0.05, 0) is 59.8 Å². The number of nitrogens with one attached hydrogen (secondary N) is 2. The molecule has 3 heterocycles. The Labute approximate surface area is 246 Å². The zero-order valence-electron chi connectivity index (χ0n) is 24.8. The summed E-state index contributed by atoms with van der Waals surface area (Å²) in [7, 11) is 3.97. The van der Waals surface area contributed by atoms with E-state index in [4.69, 9.17) is 24.9 Å². The molecule has 41 heavy (non-hydrogen) atoms. The number of fused-ring (bicyclic) bond motifs is 1. The molecule has 0 radical (unpaired) electrons. The van der Waals surface area contributed by atoms with E-state index in [1.807, 2.05) is 52.8 Å². The fourth-order valence-corrected chi connectivity index (χ4v) is 5.33.